The molecule has 13 heteroatoms. The molecule has 2 N–H and O–H groups in total. The van der Waals surface area contributed by atoms with Crippen LogP contribution >= 0.6 is 22.6 Å². The molecule has 0 saturated heterocycles. The first-order chi connectivity index (χ1) is 18.0. The number of halogens is 4. The molecule has 0 spiro atoms. The predicted octanol–water partition coefficient (Wildman–Crippen LogP) is 4.55. The minimum Gasteiger partial charge on any atom is -0.478 e. The third kappa shape index (κ3) is 5.77. The molecule has 0 aliphatic rings. The van der Waals surface area contributed by atoms with Crippen molar-refractivity contribution in [2.75, 3.05) is 5.32 Å². The lowest BCUT2D eigenvalue weighted by Crippen LogP contribution is -2.25. The van der Waals surface area contributed by atoms with E-state index in [4.69, 9.17) is 0 Å². The summed E-state index contributed by atoms with van der Waals surface area (Å²) in [6, 6.07) is 13.9. The molecule has 4 aromatic rings. The first-order valence-corrected chi connectivity index (χ1v) is 12.2. The molecular formula is C25H19F3IN5O4. The highest BCUT2D eigenvalue weighted by Crippen LogP contribution is 2.29. The van der Waals surface area contributed by atoms with Crippen LogP contribution in [0.1, 0.15) is 37.4 Å². The molecule has 4 rings (SSSR count). The normalized spacial score (nSPS) is 11.4. The van der Waals surface area contributed by atoms with Gasteiger partial charge in [0.05, 0.1) is 28.9 Å². The minimum absolute atomic E-state index is 0.0691. The molecule has 0 fully saturated rings. The topological polar surface area (TPSA) is 119 Å². The maximum Gasteiger partial charge on any atom is 0.416 e. The van der Waals surface area contributed by atoms with E-state index in [0.29, 0.717) is 15.7 Å². The van der Waals surface area contributed by atoms with Crippen LogP contribution in [0.2, 0.25) is 0 Å². The minimum atomic E-state index is -4.49. The first-order valence-electron chi connectivity index (χ1n) is 11.1. The summed E-state index contributed by atoms with van der Waals surface area (Å²) in [6.45, 7) is 1.94. The number of alkyl halides is 3. The van der Waals surface area contributed by atoms with Gasteiger partial charge >= 0.3 is 17.8 Å². The molecule has 0 aliphatic heterocycles. The van der Waals surface area contributed by atoms with Crippen molar-refractivity contribution in [1.29, 1.82) is 0 Å². The van der Waals surface area contributed by atoms with Gasteiger partial charge in [-0.25, -0.2) is 9.59 Å². The van der Waals surface area contributed by atoms with Crippen LogP contribution in [-0.2, 0) is 19.1 Å². The van der Waals surface area contributed by atoms with E-state index in [-0.39, 0.29) is 23.4 Å². The lowest BCUT2D eigenvalue weighted by molar-refractivity contribution is -0.137. The number of nitrogens with zero attached hydrogens (tertiary/aromatic N) is 4. The van der Waals surface area contributed by atoms with Crippen molar-refractivity contribution in [1.82, 2.24) is 19.8 Å². The third-order valence-corrected chi connectivity index (χ3v) is 6.60. The molecule has 0 saturated carbocycles. The van der Waals surface area contributed by atoms with E-state index < -0.39 is 29.3 Å². The van der Waals surface area contributed by atoms with Crippen molar-refractivity contribution in [2.45, 2.75) is 26.1 Å². The Morgan fingerprint density at radius 1 is 1.05 bits per heavy atom. The number of nitrogens with one attached hydrogen (secondary N) is 1. The molecule has 3 aromatic carbocycles. The molecule has 0 radical (unpaired) electrons. The molecule has 0 unspecified atom stereocenters. The average molecular weight is 637 g/mol. The number of aryl methyl sites for hydroxylation is 3. The van der Waals surface area contributed by atoms with Crippen LogP contribution < -0.4 is 11.0 Å². The number of carboxylic acids is 1. The number of anilines is 1. The number of aromatic nitrogens is 4. The molecule has 0 aliphatic carbocycles. The van der Waals surface area contributed by atoms with Gasteiger partial charge in [-0.3, -0.25) is 4.79 Å². The molecule has 0 bridgehead atoms. The van der Waals surface area contributed by atoms with Gasteiger partial charge in [0.2, 0.25) is 0 Å². The van der Waals surface area contributed by atoms with Crippen LogP contribution in [0, 0.1) is 10.5 Å². The maximum absolute atomic E-state index is 12.8. The number of amides is 1. The smallest absolute Gasteiger partial charge is 0.416 e. The van der Waals surface area contributed by atoms with E-state index in [2.05, 4.69) is 15.7 Å². The first kappa shape index (κ1) is 27.0. The van der Waals surface area contributed by atoms with Crippen LogP contribution in [0.5, 0.6) is 0 Å². The van der Waals surface area contributed by atoms with E-state index in [1.54, 1.807) is 31.2 Å². The molecule has 1 aromatic heterocycles. The highest BCUT2D eigenvalue weighted by molar-refractivity contribution is 14.1. The summed E-state index contributed by atoms with van der Waals surface area (Å²) in [7, 11) is 0. The number of hydrogen-bond donors (Lipinski definition) is 2. The molecule has 196 valence electrons. The van der Waals surface area contributed by atoms with Crippen molar-refractivity contribution in [3.05, 3.63) is 103 Å². The molecule has 1 amide bonds. The van der Waals surface area contributed by atoms with Gasteiger partial charge in [-0.15, -0.1) is 0 Å². The number of rotatable bonds is 7. The monoisotopic (exact) mass is 637 g/mol. The Morgan fingerprint density at radius 2 is 1.76 bits per heavy atom. The number of benzene rings is 3. The van der Waals surface area contributed by atoms with Crippen molar-refractivity contribution in [3.8, 4) is 5.69 Å². The predicted molar refractivity (Wildman–Crippen MR) is 140 cm³/mol. The number of carbonyl (C=O) groups excluding carboxylic acids is 1. The summed E-state index contributed by atoms with van der Waals surface area (Å²) in [5.41, 5.74) is 0.744. The summed E-state index contributed by atoms with van der Waals surface area (Å²) in [6.07, 6.45) is -4.10. The Morgan fingerprint density at radius 3 is 2.39 bits per heavy atom. The fourth-order valence-corrected chi connectivity index (χ4v) is 4.49. The highest BCUT2D eigenvalue weighted by atomic mass is 127. The van der Waals surface area contributed by atoms with E-state index in [1.165, 1.54) is 6.07 Å². The van der Waals surface area contributed by atoms with Gasteiger partial charge in [0.1, 0.15) is 0 Å². The third-order valence-electron chi connectivity index (χ3n) is 5.70. The van der Waals surface area contributed by atoms with E-state index in [1.807, 2.05) is 28.7 Å². The Bertz CT molecular complexity index is 1580. The van der Waals surface area contributed by atoms with Crippen LogP contribution in [0.4, 0.5) is 18.9 Å². The largest absolute Gasteiger partial charge is 0.478 e. The molecule has 0 atom stereocenters. The van der Waals surface area contributed by atoms with Crippen molar-refractivity contribution in [3.63, 3.8) is 0 Å². The molecule has 38 heavy (non-hydrogen) atoms. The summed E-state index contributed by atoms with van der Waals surface area (Å²) < 4.78 is 40.9. The average Bonchev–Trinajstić information content (AvgIpc) is 3.23. The number of tetrazole rings is 1. The summed E-state index contributed by atoms with van der Waals surface area (Å²) in [5.74, 6) is -1.75. The van der Waals surface area contributed by atoms with Gasteiger partial charge in [0, 0.05) is 9.26 Å². The lowest BCUT2D eigenvalue weighted by atomic mass is 10.0. The second-order valence-corrected chi connectivity index (χ2v) is 9.42. The van der Waals surface area contributed by atoms with Crippen molar-refractivity contribution < 1.29 is 27.9 Å². The number of aromatic carboxylic acids is 1. The van der Waals surface area contributed by atoms with E-state index in [9.17, 15) is 32.7 Å². The Hall–Kier alpha value is -4.01. The Balaban J connectivity index is 1.45. The lowest BCUT2D eigenvalue weighted by Gasteiger charge is -2.13. The summed E-state index contributed by atoms with van der Waals surface area (Å²) in [4.78, 5) is 37.0. The summed E-state index contributed by atoms with van der Waals surface area (Å²) >= 11 is 1.91. The summed E-state index contributed by atoms with van der Waals surface area (Å²) in [5, 5.41) is 19.7. The Kier molecular flexibility index (Phi) is 7.66. The second kappa shape index (κ2) is 10.8. The number of hydrogen-bond acceptors (Lipinski definition) is 5. The van der Waals surface area contributed by atoms with Gasteiger partial charge in [-0.05, 0) is 100.0 Å². The van der Waals surface area contributed by atoms with Crippen LogP contribution in [0.25, 0.3) is 5.69 Å². The SMILES string of the molecule is Cc1cc(CCn2nnn(-c3ccc(C(F)(F)F)cc3)c2=O)ccc1NC(=O)c1c(I)cccc1C(=O)O. The molecule has 1 heterocycles. The van der Waals surface area contributed by atoms with Crippen LogP contribution in [-0.4, -0.2) is 36.8 Å². The fraction of sp³-hybridized carbons (Fsp3) is 0.160. The van der Waals surface area contributed by atoms with Gasteiger partial charge in [0.25, 0.3) is 5.91 Å². The quantitative estimate of drug-likeness (QED) is 0.287. The van der Waals surface area contributed by atoms with Crippen LogP contribution in [0.15, 0.2) is 65.5 Å². The zero-order valence-electron chi connectivity index (χ0n) is 19.7. The zero-order chi connectivity index (χ0) is 27.6. The van der Waals surface area contributed by atoms with Gasteiger partial charge < -0.3 is 10.4 Å². The van der Waals surface area contributed by atoms with Gasteiger partial charge in [-0.1, -0.05) is 18.2 Å². The van der Waals surface area contributed by atoms with E-state index >= 15 is 0 Å². The number of carboxylic acid groups (broad SMARTS) is 1. The fourth-order valence-electron chi connectivity index (χ4n) is 3.74. The standard InChI is InChI=1S/C25H19F3IN5O4/c1-14-13-15(5-10-20(14)30-22(35)21-18(23(36)37)3-2-4-19(21)29)11-12-33-24(38)34(32-31-33)17-8-6-16(7-9-17)25(26,27)28/h2-10,13H,11-12H2,1H3,(H,30,35)(H,36,37). The molecular weight excluding hydrogens is 618 g/mol. The maximum atomic E-state index is 12.8. The number of carbonyl (C=O) groups is 2. The van der Waals surface area contributed by atoms with Crippen LogP contribution in [0.3, 0.4) is 0 Å². The second-order valence-electron chi connectivity index (χ2n) is 8.26. The zero-order valence-corrected chi connectivity index (χ0v) is 21.8. The Labute approximate surface area is 227 Å². The highest BCUT2D eigenvalue weighted by Gasteiger charge is 2.30. The van der Waals surface area contributed by atoms with E-state index in [0.717, 1.165) is 44.8 Å². The van der Waals surface area contributed by atoms with Gasteiger partial charge in [-0.2, -0.15) is 22.5 Å². The van der Waals surface area contributed by atoms with Gasteiger partial charge in [0.15, 0.2) is 0 Å². The molecule has 9 nitrogen and oxygen atoms in total. The van der Waals surface area contributed by atoms with Crippen molar-refractivity contribution >= 4 is 40.2 Å². The van der Waals surface area contributed by atoms with Crippen molar-refractivity contribution in [2.24, 2.45) is 0 Å².